The molecule has 0 spiro atoms. The van der Waals surface area contributed by atoms with Crippen molar-refractivity contribution >= 4 is 27.5 Å². The van der Waals surface area contributed by atoms with E-state index in [0.29, 0.717) is 36.1 Å². The van der Waals surface area contributed by atoms with Crippen LogP contribution >= 0.6 is 15.9 Å². The molecular formula is C35H31BrFN3O2. The maximum atomic E-state index is 16.1. The Kier molecular flexibility index (Phi) is 7.80. The quantitative estimate of drug-likeness (QED) is 0.176. The molecule has 2 heterocycles. The highest BCUT2D eigenvalue weighted by atomic mass is 79.9. The zero-order chi connectivity index (χ0) is 29.3. The first-order chi connectivity index (χ1) is 20.4. The van der Waals surface area contributed by atoms with Crippen LogP contribution in [0.25, 0.3) is 0 Å². The highest BCUT2D eigenvalue weighted by Crippen LogP contribution is 2.47. The average molecular weight is 625 g/mol. The van der Waals surface area contributed by atoms with E-state index in [1.807, 2.05) is 61.5 Å². The first-order valence-corrected chi connectivity index (χ1v) is 15.0. The Bertz CT molecular complexity index is 1610. The second kappa shape index (κ2) is 11.7. The Morgan fingerprint density at radius 3 is 1.98 bits per heavy atom. The van der Waals surface area contributed by atoms with Gasteiger partial charge < -0.3 is 15.0 Å². The molecule has 1 fully saturated rings. The van der Waals surface area contributed by atoms with Crippen molar-refractivity contribution in [1.29, 1.82) is 0 Å². The Morgan fingerprint density at radius 1 is 0.952 bits per heavy atom. The molecule has 0 bridgehead atoms. The van der Waals surface area contributed by atoms with Crippen molar-refractivity contribution in [2.45, 2.75) is 37.7 Å². The predicted molar refractivity (Wildman–Crippen MR) is 166 cm³/mol. The molecule has 1 aliphatic rings. The summed E-state index contributed by atoms with van der Waals surface area (Å²) in [6, 6.07) is 33.8. The lowest BCUT2D eigenvalue weighted by Gasteiger charge is -2.35. The lowest BCUT2D eigenvalue weighted by atomic mass is 9.67. The minimum atomic E-state index is -1.39. The van der Waals surface area contributed by atoms with Crippen molar-refractivity contribution in [3.63, 3.8) is 0 Å². The smallest absolute Gasteiger partial charge is 0.227 e. The number of H-pyrrole nitrogens is 1. The maximum absolute atomic E-state index is 16.1. The van der Waals surface area contributed by atoms with E-state index < -0.39 is 17.3 Å². The number of carbonyl (C=O) groups is 1. The number of anilines is 1. The number of amides is 1. The number of aryl methyl sites for hydroxylation is 1. The van der Waals surface area contributed by atoms with Gasteiger partial charge in [0, 0.05) is 18.5 Å². The summed E-state index contributed by atoms with van der Waals surface area (Å²) in [7, 11) is 0. The molecule has 4 aromatic carbocycles. The minimum absolute atomic E-state index is 0.0848. The number of benzene rings is 4. The number of hydrogen-bond acceptors (Lipinski definition) is 3. The third-order valence-electron chi connectivity index (χ3n) is 8.14. The second-order valence-electron chi connectivity index (χ2n) is 10.6. The Labute approximate surface area is 253 Å². The minimum Gasteiger partial charge on any atom is -0.380 e. The highest BCUT2D eigenvalue weighted by Gasteiger charge is 2.42. The Hall–Kier alpha value is -4.07. The Morgan fingerprint density at radius 2 is 1.50 bits per heavy atom. The summed E-state index contributed by atoms with van der Waals surface area (Å²) in [5.41, 5.74) is 4.01. The lowest BCUT2D eigenvalue weighted by molar-refractivity contribution is -0.117. The van der Waals surface area contributed by atoms with Gasteiger partial charge in [-0.2, -0.15) is 0 Å². The summed E-state index contributed by atoms with van der Waals surface area (Å²) < 4.78 is 16.6. The van der Waals surface area contributed by atoms with Gasteiger partial charge in [0.25, 0.3) is 0 Å². The summed E-state index contributed by atoms with van der Waals surface area (Å²) >= 11 is 3.71. The number of carbonyl (C=O) groups excluding carboxylic acids is 1. The average Bonchev–Trinajstić information content (AvgIpc) is 3.64. The van der Waals surface area contributed by atoms with Crippen molar-refractivity contribution in [2.24, 2.45) is 0 Å². The van der Waals surface area contributed by atoms with Crippen LogP contribution in [0, 0.1) is 5.82 Å². The molecule has 0 saturated carbocycles. The van der Waals surface area contributed by atoms with Gasteiger partial charge in [0.15, 0.2) is 5.82 Å². The van der Waals surface area contributed by atoms with Crippen LogP contribution in [-0.4, -0.2) is 27.5 Å². The normalized spacial score (nSPS) is 14.4. The van der Waals surface area contributed by atoms with Gasteiger partial charge in [-0.1, -0.05) is 97.9 Å². The molecule has 6 rings (SSSR count). The molecule has 7 heteroatoms. The predicted octanol–water partition coefficient (Wildman–Crippen LogP) is 7.46. The number of aliphatic hydroxyl groups is 1. The summed E-state index contributed by atoms with van der Waals surface area (Å²) in [6.45, 7) is 2.43. The number of imidazole rings is 1. The molecule has 5 nitrogen and oxygen atoms in total. The van der Waals surface area contributed by atoms with Gasteiger partial charge in [-0.05, 0) is 63.2 Å². The van der Waals surface area contributed by atoms with Crippen molar-refractivity contribution < 1.29 is 14.3 Å². The molecule has 1 amide bonds. The zero-order valence-corrected chi connectivity index (χ0v) is 24.8. The van der Waals surface area contributed by atoms with E-state index >= 15 is 4.39 Å². The molecule has 212 valence electrons. The fourth-order valence-corrected chi connectivity index (χ4v) is 6.67. The summed E-state index contributed by atoms with van der Waals surface area (Å²) in [6.07, 6.45) is 0.309. The van der Waals surface area contributed by atoms with Crippen LogP contribution in [0.15, 0.2) is 108 Å². The first-order valence-electron chi connectivity index (χ1n) is 14.2. The number of nitrogens with zero attached hydrogens (tertiary/aromatic N) is 2. The van der Waals surface area contributed by atoms with Gasteiger partial charge in [-0.3, -0.25) is 4.79 Å². The van der Waals surface area contributed by atoms with E-state index in [1.54, 1.807) is 12.1 Å². The molecule has 1 unspecified atom stereocenters. The van der Waals surface area contributed by atoms with Crippen molar-refractivity contribution in [3.05, 3.63) is 153 Å². The first kappa shape index (κ1) is 28.1. The number of nitrogens with one attached hydrogen (secondary N) is 1. The third-order valence-corrected chi connectivity index (χ3v) is 8.71. The zero-order valence-electron chi connectivity index (χ0n) is 23.2. The maximum Gasteiger partial charge on any atom is 0.227 e. The number of aliphatic hydroxyl groups excluding tert-OH is 1. The van der Waals surface area contributed by atoms with E-state index in [1.165, 1.54) is 4.90 Å². The number of rotatable bonds is 8. The summed E-state index contributed by atoms with van der Waals surface area (Å²) in [5, 5.41) is 11.7. The lowest BCUT2D eigenvalue weighted by Crippen LogP contribution is -2.32. The van der Waals surface area contributed by atoms with Crippen LogP contribution in [-0.2, 0) is 16.6 Å². The molecule has 1 atom stereocenters. The number of halogens is 2. The second-order valence-corrected chi connectivity index (χ2v) is 11.3. The molecule has 0 aliphatic carbocycles. The van der Waals surface area contributed by atoms with Gasteiger partial charge >= 0.3 is 0 Å². The molecule has 5 aromatic rings. The van der Waals surface area contributed by atoms with Crippen LogP contribution in [0.2, 0.25) is 0 Å². The van der Waals surface area contributed by atoms with Crippen molar-refractivity contribution in [2.75, 3.05) is 11.4 Å². The van der Waals surface area contributed by atoms with E-state index in [9.17, 15) is 9.90 Å². The third kappa shape index (κ3) is 4.76. The molecule has 1 aliphatic heterocycles. The standard InChI is InChI=1S/C35H31BrFN3O2/c1-2-23-21-27(30(37)28(22-23)40-20-12-19-29(40)41)31(42)34-38-32(33(36)39-34)35(24-13-6-3-7-14-24,25-15-8-4-9-16-25)26-17-10-5-11-18-26/h3-11,13-18,21-22,31,42H,2,12,19-20H2,1H3,(H,38,39). The SMILES string of the molecule is CCc1cc(C(O)c2nc(Br)c(C(c3ccccc3)(c3ccccc3)c3ccccc3)[nH]2)c(F)c(N2CCCC2=O)c1. The molecule has 1 aromatic heterocycles. The van der Waals surface area contributed by atoms with E-state index in [2.05, 4.69) is 57.3 Å². The fraction of sp³-hybridized carbons (Fsp3) is 0.200. The van der Waals surface area contributed by atoms with Gasteiger partial charge in [0.2, 0.25) is 5.91 Å². The Balaban J connectivity index is 1.55. The van der Waals surface area contributed by atoms with E-state index in [-0.39, 0.29) is 23.0 Å². The van der Waals surface area contributed by atoms with Crippen molar-refractivity contribution in [3.8, 4) is 0 Å². The van der Waals surface area contributed by atoms with Gasteiger partial charge in [0.1, 0.15) is 16.5 Å². The number of aromatic nitrogens is 2. The fourth-order valence-electron chi connectivity index (χ4n) is 6.09. The van der Waals surface area contributed by atoms with Gasteiger partial charge in [-0.15, -0.1) is 0 Å². The highest BCUT2D eigenvalue weighted by molar-refractivity contribution is 9.10. The molecule has 42 heavy (non-hydrogen) atoms. The molecule has 2 N–H and O–H groups in total. The van der Waals surface area contributed by atoms with Crippen LogP contribution in [0.4, 0.5) is 10.1 Å². The van der Waals surface area contributed by atoms with E-state index in [0.717, 1.165) is 22.3 Å². The summed E-state index contributed by atoms with van der Waals surface area (Å²) in [5.74, 6) is -0.511. The summed E-state index contributed by atoms with van der Waals surface area (Å²) in [4.78, 5) is 22.2. The molecule has 0 radical (unpaired) electrons. The van der Waals surface area contributed by atoms with E-state index in [4.69, 9.17) is 4.98 Å². The topological polar surface area (TPSA) is 69.2 Å². The van der Waals surface area contributed by atoms with Gasteiger partial charge in [-0.25, -0.2) is 9.37 Å². The molecule has 1 saturated heterocycles. The van der Waals surface area contributed by atoms with Crippen LogP contribution in [0.5, 0.6) is 0 Å². The van der Waals surface area contributed by atoms with Crippen LogP contribution < -0.4 is 4.90 Å². The van der Waals surface area contributed by atoms with Crippen LogP contribution in [0.3, 0.4) is 0 Å². The number of aromatic amines is 1. The van der Waals surface area contributed by atoms with Gasteiger partial charge in [0.05, 0.1) is 16.8 Å². The monoisotopic (exact) mass is 623 g/mol. The molecular weight excluding hydrogens is 593 g/mol. The van der Waals surface area contributed by atoms with Crippen molar-refractivity contribution in [1.82, 2.24) is 9.97 Å². The largest absolute Gasteiger partial charge is 0.380 e. The number of hydrogen-bond donors (Lipinski definition) is 2. The van der Waals surface area contributed by atoms with Crippen LogP contribution in [0.1, 0.15) is 65.2 Å².